The number of rotatable bonds is 3. The van der Waals surface area contributed by atoms with Crippen molar-refractivity contribution in [3.05, 3.63) is 18.1 Å². The molecule has 1 saturated carbocycles. The number of hydrogen-bond donors (Lipinski definition) is 1. The van der Waals surface area contributed by atoms with Crippen LogP contribution in [0.4, 0.5) is 5.82 Å². The molecule has 0 aliphatic heterocycles. The monoisotopic (exact) mass is 263 g/mol. The van der Waals surface area contributed by atoms with Crippen LogP contribution in [0.2, 0.25) is 0 Å². The van der Waals surface area contributed by atoms with Gasteiger partial charge in [-0.1, -0.05) is 19.8 Å². The van der Waals surface area contributed by atoms with E-state index in [-0.39, 0.29) is 0 Å². The van der Waals surface area contributed by atoms with Crippen molar-refractivity contribution in [1.82, 2.24) is 9.97 Å². The third-order valence-electron chi connectivity index (χ3n) is 3.72. The van der Waals surface area contributed by atoms with Gasteiger partial charge >= 0.3 is 5.97 Å². The van der Waals surface area contributed by atoms with Gasteiger partial charge in [-0.15, -0.1) is 0 Å². The molecule has 1 aliphatic rings. The van der Waals surface area contributed by atoms with Gasteiger partial charge in [-0.25, -0.2) is 14.8 Å². The van der Waals surface area contributed by atoms with E-state index in [2.05, 4.69) is 22.2 Å². The Morgan fingerprint density at radius 1 is 1.37 bits per heavy atom. The van der Waals surface area contributed by atoms with Gasteiger partial charge in [-0.05, 0) is 25.2 Å². The van der Waals surface area contributed by atoms with Gasteiger partial charge < -0.3 is 10.1 Å². The molecule has 0 bridgehead atoms. The van der Waals surface area contributed by atoms with Crippen molar-refractivity contribution in [2.24, 2.45) is 5.92 Å². The number of nitrogens with one attached hydrogen (secondary N) is 1. The van der Waals surface area contributed by atoms with E-state index >= 15 is 0 Å². The van der Waals surface area contributed by atoms with E-state index in [1.54, 1.807) is 0 Å². The van der Waals surface area contributed by atoms with E-state index in [9.17, 15) is 4.79 Å². The Kier molecular flexibility index (Phi) is 4.71. The Morgan fingerprint density at radius 2 is 2.21 bits per heavy atom. The molecule has 2 unspecified atom stereocenters. The first kappa shape index (κ1) is 13.8. The molecule has 0 amide bonds. The molecule has 19 heavy (non-hydrogen) atoms. The lowest BCUT2D eigenvalue weighted by molar-refractivity contribution is 0.0601. The minimum Gasteiger partial charge on any atom is -0.465 e. The van der Waals surface area contributed by atoms with Crippen molar-refractivity contribution >= 4 is 11.8 Å². The van der Waals surface area contributed by atoms with Crippen LogP contribution in [-0.2, 0) is 4.74 Å². The molecular weight excluding hydrogens is 242 g/mol. The lowest BCUT2D eigenvalue weighted by Crippen LogP contribution is -2.21. The van der Waals surface area contributed by atoms with E-state index in [1.807, 2.05) is 0 Å². The second kappa shape index (κ2) is 6.50. The fourth-order valence-electron chi connectivity index (χ4n) is 2.53. The molecule has 1 aromatic heterocycles. The molecule has 0 spiro atoms. The zero-order valence-electron chi connectivity index (χ0n) is 11.6. The van der Waals surface area contributed by atoms with Crippen LogP contribution in [0.15, 0.2) is 12.5 Å². The van der Waals surface area contributed by atoms with Gasteiger partial charge in [0.05, 0.1) is 7.11 Å². The molecule has 0 aromatic carbocycles. The van der Waals surface area contributed by atoms with Crippen molar-refractivity contribution in [1.29, 1.82) is 0 Å². The summed E-state index contributed by atoms with van der Waals surface area (Å²) < 4.78 is 4.75. The maximum atomic E-state index is 11.7. The number of nitrogens with zero attached hydrogens (tertiary/aromatic N) is 2. The third kappa shape index (κ3) is 3.66. The number of methoxy groups -OCH3 is 1. The summed E-state index contributed by atoms with van der Waals surface area (Å²) in [7, 11) is 1.37. The summed E-state index contributed by atoms with van der Waals surface area (Å²) in [6.07, 6.45) is 8.91. The average molecular weight is 263 g/mol. The first-order valence-electron chi connectivity index (χ1n) is 6.85. The van der Waals surface area contributed by atoms with Crippen LogP contribution in [0.5, 0.6) is 0 Å². The summed E-state index contributed by atoms with van der Waals surface area (Å²) in [5.41, 5.74) is 0.405. The number of hydrogen-bond acceptors (Lipinski definition) is 5. The molecule has 5 nitrogen and oxygen atoms in total. The first-order valence-corrected chi connectivity index (χ1v) is 6.85. The number of anilines is 1. The highest BCUT2D eigenvalue weighted by atomic mass is 16.5. The van der Waals surface area contributed by atoms with Gasteiger partial charge in [0, 0.05) is 12.2 Å². The Balaban J connectivity index is 2.08. The summed E-state index contributed by atoms with van der Waals surface area (Å²) in [5.74, 6) is 0.976. The van der Waals surface area contributed by atoms with Crippen molar-refractivity contribution in [2.75, 3.05) is 12.4 Å². The smallest absolute Gasteiger partial charge is 0.343 e. The van der Waals surface area contributed by atoms with Gasteiger partial charge in [-0.3, -0.25) is 0 Å². The highest BCUT2D eigenvalue weighted by molar-refractivity contribution is 5.94. The Bertz CT molecular complexity index is 436. The lowest BCUT2D eigenvalue weighted by atomic mass is 10.0. The summed E-state index contributed by atoms with van der Waals surface area (Å²) in [6, 6.07) is 0.378. The molecule has 1 aliphatic carbocycles. The molecule has 1 fully saturated rings. The van der Waals surface area contributed by atoms with Crippen LogP contribution in [0.3, 0.4) is 0 Å². The molecule has 0 saturated heterocycles. The third-order valence-corrected chi connectivity index (χ3v) is 3.72. The predicted octanol–water partition coefficient (Wildman–Crippen LogP) is 2.64. The van der Waals surface area contributed by atoms with Crippen LogP contribution >= 0.6 is 0 Å². The maximum absolute atomic E-state index is 11.7. The van der Waals surface area contributed by atoms with E-state index in [4.69, 9.17) is 4.74 Å². The fraction of sp³-hybridized carbons (Fsp3) is 0.643. The molecular formula is C14H21N3O2. The summed E-state index contributed by atoms with van der Waals surface area (Å²) in [5, 5.41) is 3.37. The quantitative estimate of drug-likeness (QED) is 0.671. The molecule has 2 atom stereocenters. The predicted molar refractivity (Wildman–Crippen MR) is 73.0 cm³/mol. The summed E-state index contributed by atoms with van der Waals surface area (Å²) in [6.45, 7) is 2.30. The highest BCUT2D eigenvalue weighted by Gasteiger charge is 2.19. The molecule has 5 heteroatoms. The van der Waals surface area contributed by atoms with Crippen molar-refractivity contribution < 1.29 is 9.53 Å². The first-order chi connectivity index (χ1) is 9.20. The van der Waals surface area contributed by atoms with E-state index < -0.39 is 5.97 Å². The minimum atomic E-state index is -0.398. The number of ether oxygens (including phenoxy) is 1. The molecule has 2 rings (SSSR count). The Labute approximate surface area is 113 Å². The largest absolute Gasteiger partial charge is 0.465 e. The van der Waals surface area contributed by atoms with Gasteiger partial charge in [0.25, 0.3) is 0 Å². The second-order valence-corrected chi connectivity index (χ2v) is 5.23. The maximum Gasteiger partial charge on any atom is 0.343 e. The molecule has 1 heterocycles. The number of esters is 1. The Hall–Kier alpha value is -1.65. The summed E-state index contributed by atoms with van der Waals surface area (Å²) in [4.78, 5) is 19.7. The van der Waals surface area contributed by atoms with Crippen LogP contribution in [0.1, 0.15) is 49.4 Å². The number of carbonyl (C=O) groups is 1. The normalized spacial score (nSPS) is 23.5. The van der Waals surface area contributed by atoms with Crippen LogP contribution in [-0.4, -0.2) is 29.1 Å². The topological polar surface area (TPSA) is 64.1 Å². The van der Waals surface area contributed by atoms with Crippen LogP contribution in [0, 0.1) is 5.92 Å². The standard InChI is InChI=1S/C14H21N3O2/c1-10-4-3-5-11(7-6-10)17-13-12(14(18)19-2)8-15-9-16-13/h8-11H,3-7H2,1-2H3,(H,15,16,17). The van der Waals surface area contributed by atoms with Crippen LogP contribution in [0.25, 0.3) is 0 Å². The van der Waals surface area contributed by atoms with Crippen molar-refractivity contribution in [3.8, 4) is 0 Å². The lowest BCUT2D eigenvalue weighted by Gasteiger charge is -2.18. The van der Waals surface area contributed by atoms with E-state index in [1.165, 1.54) is 38.9 Å². The zero-order chi connectivity index (χ0) is 13.7. The molecule has 0 radical (unpaired) electrons. The van der Waals surface area contributed by atoms with Crippen molar-refractivity contribution in [2.45, 2.75) is 45.1 Å². The minimum absolute atomic E-state index is 0.378. The van der Waals surface area contributed by atoms with Gasteiger partial charge in [0.15, 0.2) is 0 Å². The highest BCUT2D eigenvalue weighted by Crippen LogP contribution is 2.25. The van der Waals surface area contributed by atoms with Gasteiger partial charge in [-0.2, -0.15) is 0 Å². The molecule has 104 valence electrons. The molecule has 1 N–H and O–H groups in total. The average Bonchev–Trinajstić information content (AvgIpc) is 2.63. The zero-order valence-corrected chi connectivity index (χ0v) is 11.6. The Morgan fingerprint density at radius 3 is 3.00 bits per heavy atom. The van der Waals surface area contributed by atoms with Gasteiger partial charge in [0.2, 0.25) is 0 Å². The number of aromatic nitrogens is 2. The number of carbonyl (C=O) groups excluding carboxylic acids is 1. The van der Waals surface area contributed by atoms with E-state index in [0.29, 0.717) is 17.4 Å². The summed E-state index contributed by atoms with van der Waals surface area (Å²) >= 11 is 0. The van der Waals surface area contributed by atoms with Gasteiger partial charge in [0.1, 0.15) is 17.7 Å². The van der Waals surface area contributed by atoms with Crippen LogP contribution < -0.4 is 5.32 Å². The molecule has 1 aromatic rings. The fourth-order valence-corrected chi connectivity index (χ4v) is 2.53. The van der Waals surface area contributed by atoms with Crippen molar-refractivity contribution in [3.63, 3.8) is 0 Å². The SMILES string of the molecule is COC(=O)c1cncnc1NC1CCCC(C)CC1. The second-order valence-electron chi connectivity index (χ2n) is 5.23. The van der Waals surface area contributed by atoms with E-state index in [0.717, 1.165) is 18.8 Å².